The van der Waals surface area contributed by atoms with E-state index in [0.29, 0.717) is 28.6 Å². The molecule has 0 aliphatic carbocycles. The maximum atomic E-state index is 13.3. The molecule has 1 aromatic carbocycles. The quantitative estimate of drug-likeness (QED) is 0.348. The molecular weight excluding hydrogens is 477 g/mol. The first-order valence-corrected chi connectivity index (χ1v) is 12.2. The van der Waals surface area contributed by atoms with Crippen LogP contribution in [0.5, 0.6) is 6.01 Å². The second kappa shape index (κ2) is 11.6. The summed E-state index contributed by atoms with van der Waals surface area (Å²) >= 11 is 1.74. The Morgan fingerprint density at radius 3 is 2.49 bits per heavy atom. The molecule has 1 aliphatic heterocycles. The minimum Gasteiger partial charge on any atom is -0.468 e. The summed E-state index contributed by atoms with van der Waals surface area (Å²) in [4.78, 5) is 13.5. The second-order valence-electron chi connectivity index (χ2n) is 7.73. The van der Waals surface area contributed by atoms with Crippen LogP contribution in [0, 0.1) is 0 Å². The normalized spacial score (nSPS) is 14.8. The first-order chi connectivity index (χ1) is 16.8. The van der Waals surface area contributed by atoms with E-state index in [-0.39, 0.29) is 12.1 Å². The van der Waals surface area contributed by atoms with Gasteiger partial charge in [0, 0.05) is 37.9 Å². The van der Waals surface area contributed by atoms with Crippen LogP contribution in [0.1, 0.15) is 18.4 Å². The van der Waals surface area contributed by atoms with Crippen LogP contribution in [0.4, 0.5) is 19.1 Å². The fourth-order valence-corrected chi connectivity index (χ4v) is 4.50. The molecule has 188 valence electrons. The number of nitrogens with one attached hydrogen (secondary N) is 1. The number of piperidine rings is 1. The molecule has 1 aliphatic rings. The zero-order valence-electron chi connectivity index (χ0n) is 20.0. The summed E-state index contributed by atoms with van der Waals surface area (Å²) in [5, 5.41) is 3.40. The Hall–Kier alpha value is -3.05. The highest BCUT2D eigenvalue weighted by molar-refractivity contribution is 7.96. The summed E-state index contributed by atoms with van der Waals surface area (Å²) in [6, 6.07) is 7.35. The SMILES string of the molecule is C=C.COc1nc(-c2cccc(C(F)(F)F)c2)c(-c2ccnc(NC3CCN(SC)CC3)n2)n1C. The molecule has 0 atom stereocenters. The maximum Gasteiger partial charge on any atom is 0.416 e. The third-order valence-corrected chi connectivity index (χ3v) is 6.53. The predicted molar refractivity (Wildman–Crippen MR) is 134 cm³/mol. The number of ether oxygens (including phenoxy) is 1. The molecule has 0 spiro atoms. The van der Waals surface area contributed by atoms with Crippen molar-refractivity contribution < 1.29 is 17.9 Å². The van der Waals surface area contributed by atoms with Crippen molar-refractivity contribution in [3.05, 3.63) is 55.3 Å². The molecular formula is C24H29F3N6OS. The number of rotatable bonds is 6. The second-order valence-corrected chi connectivity index (χ2v) is 8.61. The van der Waals surface area contributed by atoms with Gasteiger partial charge in [-0.05, 0) is 37.3 Å². The van der Waals surface area contributed by atoms with Gasteiger partial charge in [0.2, 0.25) is 5.95 Å². The van der Waals surface area contributed by atoms with E-state index in [1.807, 2.05) is 0 Å². The first-order valence-electron chi connectivity index (χ1n) is 11.0. The standard InChI is InChI=1S/C22H25F3N6OS.C2H4/c1-30-19(17-7-10-26-20(28-17)27-16-8-11-31(33-3)12-9-16)18(29-21(30)32-2)14-5-4-6-15(13-14)22(23,24)25;1-2/h4-7,10,13,16H,8-9,11-12H2,1-3H3,(H,26,27,28);1-2H2. The summed E-state index contributed by atoms with van der Waals surface area (Å²) in [5.74, 6) is 0.477. The van der Waals surface area contributed by atoms with E-state index in [1.165, 1.54) is 13.2 Å². The molecule has 0 amide bonds. The van der Waals surface area contributed by atoms with Crippen molar-refractivity contribution in [2.75, 3.05) is 31.8 Å². The number of hydrogen-bond acceptors (Lipinski definition) is 7. The van der Waals surface area contributed by atoms with Gasteiger partial charge in [0.1, 0.15) is 5.69 Å². The number of alkyl halides is 3. The van der Waals surface area contributed by atoms with Gasteiger partial charge in [-0.2, -0.15) is 18.2 Å². The minimum atomic E-state index is -4.45. The van der Waals surface area contributed by atoms with Gasteiger partial charge < -0.3 is 10.1 Å². The number of hydrogen-bond donors (Lipinski definition) is 1. The lowest BCUT2D eigenvalue weighted by Gasteiger charge is -2.30. The fraction of sp³-hybridized carbons (Fsp3) is 0.375. The fourth-order valence-electron chi connectivity index (χ4n) is 3.92. The number of anilines is 1. The van der Waals surface area contributed by atoms with Gasteiger partial charge in [-0.25, -0.2) is 9.97 Å². The first kappa shape index (κ1) is 26.6. The van der Waals surface area contributed by atoms with Crippen molar-refractivity contribution in [2.45, 2.75) is 25.1 Å². The van der Waals surface area contributed by atoms with Gasteiger partial charge >= 0.3 is 6.18 Å². The Balaban J connectivity index is 0.00000167. The lowest BCUT2D eigenvalue weighted by Crippen LogP contribution is -2.35. The Bertz CT molecular complexity index is 1130. The van der Waals surface area contributed by atoms with E-state index in [1.54, 1.807) is 41.9 Å². The van der Waals surface area contributed by atoms with Crippen LogP contribution >= 0.6 is 11.9 Å². The van der Waals surface area contributed by atoms with Gasteiger partial charge in [0.15, 0.2) is 0 Å². The van der Waals surface area contributed by atoms with E-state index >= 15 is 0 Å². The molecule has 3 heterocycles. The molecule has 3 aromatic rings. The third-order valence-electron chi connectivity index (χ3n) is 5.64. The average Bonchev–Trinajstić information content (AvgIpc) is 3.21. The lowest BCUT2D eigenvalue weighted by molar-refractivity contribution is -0.137. The van der Waals surface area contributed by atoms with Crippen molar-refractivity contribution in [1.29, 1.82) is 0 Å². The van der Waals surface area contributed by atoms with E-state index in [2.05, 4.69) is 44.0 Å². The van der Waals surface area contributed by atoms with Gasteiger partial charge in [-0.3, -0.25) is 8.87 Å². The summed E-state index contributed by atoms with van der Waals surface area (Å²) in [6.45, 7) is 7.97. The highest BCUT2D eigenvalue weighted by Gasteiger charge is 2.31. The van der Waals surface area contributed by atoms with Crippen molar-refractivity contribution >= 4 is 17.9 Å². The van der Waals surface area contributed by atoms with Gasteiger partial charge in [-0.15, -0.1) is 13.2 Å². The maximum absolute atomic E-state index is 13.3. The van der Waals surface area contributed by atoms with Crippen LogP contribution in [0.15, 0.2) is 49.7 Å². The van der Waals surface area contributed by atoms with Crippen LogP contribution in [0.2, 0.25) is 0 Å². The summed E-state index contributed by atoms with van der Waals surface area (Å²) < 4.78 is 49.2. The Morgan fingerprint density at radius 1 is 1.14 bits per heavy atom. The Labute approximate surface area is 207 Å². The van der Waals surface area contributed by atoms with Gasteiger partial charge in [-0.1, -0.05) is 24.1 Å². The van der Waals surface area contributed by atoms with Crippen LogP contribution in [-0.4, -0.2) is 56.3 Å². The molecule has 0 unspecified atom stereocenters. The van der Waals surface area contributed by atoms with E-state index in [4.69, 9.17) is 4.74 Å². The largest absolute Gasteiger partial charge is 0.468 e. The molecule has 1 N–H and O–H groups in total. The monoisotopic (exact) mass is 506 g/mol. The molecule has 7 nitrogen and oxygen atoms in total. The van der Waals surface area contributed by atoms with Crippen molar-refractivity contribution in [3.63, 3.8) is 0 Å². The molecule has 1 fully saturated rings. The van der Waals surface area contributed by atoms with Gasteiger partial charge in [0.05, 0.1) is 24.1 Å². The number of methoxy groups -OCH3 is 1. The smallest absolute Gasteiger partial charge is 0.416 e. The number of benzene rings is 1. The molecule has 2 aromatic heterocycles. The van der Waals surface area contributed by atoms with Crippen molar-refractivity contribution in [1.82, 2.24) is 23.8 Å². The third kappa shape index (κ3) is 6.15. The van der Waals surface area contributed by atoms with E-state index in [0.717, 1.165) is 38.1 Å². The zero-order valence-corrected chi connectivity index (χ0v) is 20.8. The predicted octanol–water partition coefficient (Wildman–Crippen LogP) is 5.53. The van der Waals surface area contributed by atoms with Crippen LogP contribution < -0.4 is 10.1 Å². The topological polar surface area (TPSA) is 68.1 Å². The zero-order chi connectivity index (χ0) is 25.6. The van der Waals surface area contributed by atoms with E-state index in [9.17, 15) is 13.2 Å². The van der Waals surface area contributed by atoms with Crippen molar-refractivity contribution in [2.24, 2.45) is 7.05 Å². The van der Waals surface area contributed by atoms with Crippen LogP contribution in [0.25, 0.3) is 22.6 Å². The number of nitrogens with zero attached hydrogens (tertiary/aromatic N) is 5. The molecule has 0 saturated carbocycles. The molecule has 0 bridgehead atoms. The van der Waals surface area contributed by atoms with Crippen LogP contribution in [-0.2, 0) is 13.2 Å². The summed E-state index contributed by atoms with van der Waals surface area (Å²) in [6.07, 6.45) is 1.21. The average molecular weight is 507 g/mol. The molecule has 35 heavy (non-hydrogen) atoms. The molecule has 1 saturated heterocycles. The molecule has 11 heteroatoms. The highest BCUT2D eigenvalue weighted by atomic mass is 32.2. The van der Waals surface area contributed by atoms with Crippen molar-refractivity contribution in [3.8, 4) is 28.7 Å². The number of halogens is 3. The summed E-state index contributed by atoms with van der Waals surface area (Å²) in [7, 11) is 3.21. The molecule has 4 rings (SSSR count). The number of imidazole rings is 1. The van der Waals surface area contributed by atoms with Gasteiger partial charge in [0.25, 0.3) is 6.01 Å². The minimum absolute atomic E-state index is 0.257. The Morgan fingerprint density at radius 2 is 1.86 bits per heavy atom. The lowest BCUT2D eigenvalue weighted by atomic mass is 10.0. The number of aromatic nitrogens is 4. The van der Waals surface area contributed by atoms with Crippen LogP contribution in [0.3, 0.4) is 0 Å². The van der Waals surface area contributed by atoms with E-state index < -0.39 is 11.7 Å². The highest BCUT2D eigenvalue weighted by Crippen LogP contribution is 2.37. The Kier molecular flexibility index (Phi) is 8.79. The summed E-state index contributed by atoms with van der Waals surface area (Å²) in [5.41, 5.74) is 1.04. The molecule has 0 radical (unpaired) electrons.